The Hall–Kier alpha value is -2.93. The lowest BCUT2D eigenvalue weighted by atomic mass is 10.1. The molecule has 0 unspecified atom stereocenters. The lowest BCUT2D eigenvalue weighted by Crippen LogP contribution is -2.15. The van der Waals surface area contributed by atoms with Crippen LogP contribution in [-0.4, -0.2) is 17.6 Å². The van der Waals surface area contributed by atoms with Crippen molar-refractivity contribution in [1.29, 1.82) is 0 Å². The van der Waals surface area contributed by atoms with Crippen LogP contribution in [0.3, 0.4) is 0 Å². The van der Waals surface area contributed by atoms with Gasteiger partial charge >= 0.3 is 6.18 Å². The molecule has 0 radical (unpaired) electrons. The number of methoxy groups -OCH3 is 1. The van der Waals surface area contributed by atoms with Crippen molar-refractivity contribution >= 4 is 23.2 Å². The summed E-state index contributed by atoms with van der Waals surface area (Å²) < 4.78 is 46.8. The van der Waals surface area contributed by atoms with Crippen molar-refractivity contribution in [2.45, 2.75) is 20.0 Å². The van der Waals surface area contributed by atoms with Gasteiger partial charge in [-0.1, -0.05) is 23.7 Å². The Bertz CT molecular complexity index is 1070. The number of hydrogen-bond acceptors (Lipinski definition) is 2. The van der Waals surface area contributed by atoms with Crippen LogP contribution in [0.15, 0.2) is 48.5 Å². The summed E-state index contributed by atoms with van der Waals surface area (Å²) in [5.74, 6) is 0.0154. The number of halogens is 4. The summed E-state index contributed by atoms with van der Waals surface area (Å²) in [6, 6.07) is 11.6. The minimum Gasteiger partial charge on any atom is -0.495 e. The van der Waals surface area contributed by atoms with Crippen molar-refractivity contribution in [1.82, 2.24) is 4.57 Å². The normalized spacial score (nSPS) is 11.4. The van der Waals surface area contributed by atoms with Crippen molar-refractivity contribution in [2.75, 3.05) is 12.4 Å². The van der Waals surface area contributed by atoms with Crippen LogP contribution >= 0.6 is 11.6 Å². The molecule has 152 valence electrons. The van der Waals surface area contributed by atoms with E-state index in [9.17, 15) is 18.0 Å². The second-order valence-corrected chi connectivity index (χ2v) is 6.85. The number of ether oxygens (including phenoxy) is 1. The van der Waals surface area contributed by atoms with Gasteiger partial charge in [-0.25, -0.2) is 0 Å². The molecule has 1 amide bonds. The zero-order valence-corrected chi connectivity index (χ0v) is 16.7. The summed E-state index contributed by atoms with van der Waals surface area (Å²) in [5, 5.41) is 3.04. The first-order valence-corrected chi connectivity index (χ1v) is 9.01. The van der Waals surface area contributed by atoms with Gasteiger partial charge < -0.3 is 14.6 Å². The molecule has 0 aliphatic heterocycles. The first-order valence-electron chi connectivity index (χ1n) is 8.64. The smallest absolute Gasteiger partial charge is 0.418 e. The van der Waals surface area contributed by atoms with E-state index in [1.165, 1.54) is 35.9 Å². The Morgan fingerprint density at radius 3 is 2.41 bits per heavy atom. The van der Waals surface area contributed by atoms with Crippen LogP contribution in [0.5, 0.6) is 5.75 Å². The summed E-state index contributed by atoms with van der Waals surface area (Å²) in [5.41, 5.74) is 0.832. The number of amides is 1. The van der Waals surface area contributed by atoms with Gasteiger partial charge in [0.2, 0.25) is 0 Å². The highest BCUT2D eigenvalue weighted by molar-refractivity contribution is 6.32. The topological polar surface area (TPSA) is 43.3 Å². The number of nitrogens with one attached hydrogen (secondary N) is 1. The van der Waals surface area contributed by atoms with E-state index in [2.05, 4.69) is 5.32 Å². The fourth-order valence-corrected chi connectivity index (χ4v) is 3.47. The Morgan fingerprint density at radius 2 is 1.79 bits per heavy atom. The maximum Gasteiger partial charge on any atom is 0.418 e. The zero-order valence-electron chi connectivity index (χ0n) is 15.9. The summed E-state index contributed by atoms with van der Waals surface area (Å²) >= 11 is 6.07. The first kappa shape index (κ1) is 20.8. The number of anilines is 1. The molecule has 0 aliphatic carbocycles. The monoisotopic (exact) mass is 422 g/mol. The van der Waals surface area contributed by atoms with Gasteiger partial charge in [0.05, 0.1) is 28.9 Å². The molecule has 8 heteroatoms. The predicted molar refractivity (Wildman–Crippen MR) is 106 cm³/mol. The molecule has 3 aromatic rings. The fourth-order valence-electron chi connectivity index (χ4n) is 3.21. The lowest BCUT2D eigenvalue weighted by Gasteiger charge is -2.17. The minimum atomic E-state index is -4.51. The average molecular weight is 423 g/mol. The van der Waals surface area contributed by atoms with Crippen molar-refractivity contribution in [2.24, 2.45) is 0 Å². The fraction of sp³-hybridized carbons (Fsp3) is 0.190. The second kappa shape index (κ2) is 7.83. The number of aryl methyl sites for hydroxylation is 1. The van der Waals surface area contributed by atoms with E-state index in [-0.39, 0.29) is 11.3 Å². The number of aromatic nitrogens is 1. The average Bonchev–Trinajstić information content (AvgIpc) is 2.95. The summed E-state index contributed by atoms with van der Waals surface area (Å²) in [7, 11) is 1.48. The van der Waals surface area contributed by atoms with Crippen LogP contribution in [0.4, 0.5) is 18.9 Å². The van der Waals surface area contributed by atoms with Crippen LogP contribution in [0.25, 0.3) is 5.69 Å². The Labute approximate surface area is 170 Å². The number of para-hydroxylation sites is 1. The molecule has 4 nitrogen and oxygen atoms in total. The molecule has 0 atom stereocenters. The molecule has 1 aromatic heterocycles. The van der Waals surface area contributed by atoms with E-state index in [1.807, 2.05) is 0 Å². The number of nitrogens with zero attached hydrogens (tertiary/aromatic N) is 1. The van der Waals surface area contributed by atoms with E-state index < -0.39 is 17.6 Å². The van der Waals surface area contributed by atoms with E-state index in [4.69, 9.17) is 16.3 Å². The second-order valence-electron chi connectivity index (χ2n) is 6.44. The van der Waals surface area contributed by atoms with Gasteiger partial charge in [-0.2, -0.15) is 13.2 Å². The zero-order chi connectivity index (χ0) is 21.3. The molecule has 29 heavy (non-hydrogen) atoms. The number of benzene rings is 2. The highest BCUT2D eigenvalue weighted by Crippen LogP contribution is 2.35. The predicted octanol–water partition coefficient (Wildman–Crippen LogP) is 6.03. The first-order chi connectivity index (χ1) is 13.6. The Balaban J connectivity index is 1.99. The summed E-state index contributed by atoms with van der Waals surface area (Å²) in [6.45, 7) is 3.26. The Morgan fingerprint density at radius 1 is 1.10 bits per heavy atom. The van der Waals surface area contributed by atoms with Gasteiger partial charge in [0.1, 0.15) is 5.75 Å². The largest absolute Gasteiger partial charge is 0.495 e. The number of carbonyl (C=O) groups excluding carboxylic acids is 1. The van der Waals surface area contributed by atoms with Gasteiger partial charge in [0.15, 0.2) is 0 Å². The number of alkyl halides is 3. The molecule has 0 aliphatic rings. The van der Waals surface area contributed by atoms with Gasteiger partial charge in [0, 0.05) is 17.1 Å². The van der Waals surface area contributed by atoms with E-state index in [1.54, 1.807) is 32.0 Å². The van der Waals surface area contributed by atoms with Crippen molar-refractivity contribution in [3.8, 4) is 11.4 Å². The molecule has 1 N–H and O–H groups in total. The number of carbonyl (C=O) groups is 1. The lowest BCUT2D eigenvalue weighted by molar-refractivity contribution is -0.137. The van der Waals surface area contributed by atoms with E-state index >= 15 is 0 Å². The van der Waals surface area contributed by atoms with Crippen LogP contribution in [0.2, 0.25) is 5.02 Å². The third-order valence-corrected chi connectivity index (χ3v) is 4.83. The minimum absolute atomic E-state index is 0.0264. The third-order valence-electron chi connectivity index (χ3n) is 4.54. The standard InChI is InChI=1S/C21H18ClF3N2O2/c1-12-10-15(20(28)26-14-8-9-19(29-3)17(22)11-14)13(2)27(12)18-7-5-4-6-16(18)21(23,24)25/h4-11H,1-3H3,(H,26,28). The number of hydrogen-bond donors (Lipinski definition) is 1. The molecule has 0 fully saturated rings. The molecule has 0 saturated carbocycles. The molecular weight excluding hydrogens is 405 g/mol. The van der Waals surface area contributed by atoms with E-state index in [0.29, 0.717) is 27.8 Å². The maximum atomic E-state index is 13.4. The molecule has 1 heterocycles. The molecule has 2 aromatic carbocycles. The van der Waals surface area contributed by atoms with Crippen LogP contribution in [-0.2, 0) is 6.18 Å². The molecule has 0 spiro atoms. The molecule has 3 rings (SSSR count). The molecule has 0 bridgehead atoms. The Kier molecular flexibility index (Phi) is 5.61. The van der Waals surface area contributed by atoms with Crippen molar-refractivity contribution in [3.05, 3.63) is 76.1 Å². The number of rotatable bonds is 4. The van der Waals surface area contributed by atoms with Gasteiger partial charge in [-0.05, 0) is 50.2 Å². The summed E-state index contributed by atoms with van der Waals surface area (Å²) in [6.07, 6.45) is -4.51. The molecular formula is C21H18ClF3N2O2. The van der Waals surface area contributed by atoms with Crippen molar-refractivity contribution in [3.63, 3.8) is 0 Å². The van der Waals surface area contributed by atoms with Crippen molar-refractivity contribution < 1.29 is 22.7 Å². The van der Waals surface area contributed by atoms with Gasteiger partial charge in [0.25, 0.3) is 5.91 Å². The highest BCUT2D eigenvalue weighted by Gasteiger charge is 2.34. The van der Waals surface area contributed by atoms with Gasteiger partial charge in [-0.15, -0.1) is 0 Å². The third kappa shape index (κ3) is 4.10. The highest BCUT2D eigenvalue weighted by atomic mass is 35.5. The van der Waals surface area contributed by atoms with E-state index in [0.717, 1.165) is 6.07 Å². The SMILES string of the molecule is COc1ccc(NC(=O)c2cc(C)n(-c3ccccc3C(F)(F)F)c2C)cc1Cl. The van der Waals surface area contributed by atoms with Gasteiger partial charge in [-0.3, -0.25) is 4.79 Å². The quantitative estimate of drug-likeness (QED) is 0.558. The van der Waals surface area contributed by atoms with Crippen LogP contribution < -0.4 is 10.1 Å². The maximum absolute atomic E-state index is 13.4. The van der Waals surface area contributed by atoms with Crippen LogP contribution in [0, 0.1) is 13.8 Å². The van der Waals surface area contributed by atoms with Crippen LogP contribution in [0.1, 0.15) is 27.3 Å². The summed E-state index contributed by atoms with van der Waals surface area (Å²) in [4.78, 5) is 12.8. The molecule has 0 saturated heterocycles.